The van der Waals surface area contributed by atoms with Crippen molar-refractivity contribution in [2.45, 2.75) is 4.90 Å². The lowest BCUT2D eigenvalue weighted by atomic mass is 10.1. The average Bonchev–Trinajstić information content (AvgIpc) is 3.27. The number of carbonyl (C=O) groups is 2. The molecule has 0 aliphatic heterocycles. The third-order valence-corrected chi connectivity index (χ3v) is 5.18. The fourth-order valence-corrected chi connectivity index (χ4v) is 3.25. The number of aromatic nitrogens is 1. The molecular formula is C20H18ClN3O5S. The van der Waals surface area contributed by atoms with Gasteiger partial charge in [0.25, 0.3) is 5.91 Å². The molecule has 1 heterocycles. The zero-order chi connectivity index (χ0) is 21.5. The highest BCUT2D eigenvalue weighted by molar-refractivity contribution is 8.00. The van der Waals surface area contributed by atoms with Crippen LogP contribution < -0.4 is 20.3 Å². The number of benzene rings is 2. The Bertz CT molecular complexity index is 1040. The summed E-state index contributed by atoms with van der Waals surface area (Å²) in [4.78, 5) is 25.1. The molecule has 0 aliphatic rings. The van der Waals surface area contributed by atoms with E-state index in [1.165, 1.54) is 24.9 Å². The van der Waals surface area contributed by atoms with Crippen molar-refractivity contribution in [1.29, 1.82) is 0 Å². The first-order chi connectivity index (χ1) is 14.5. The number of thioether (sulfide) groups is 1. The third kappa shape index (κ3) is 5.46. The van der Waals surface area contributed by atoms with Crippen molar-refractivity contribution in [3.05, 3.63) is 59.2 Å². The van der Waals surface area contributed by atoms with Gasteiger partial charge in [-0.25, -0.2) is 0 Å². The third-order valence-electron chi connectivity index (χ3n) is 3.91. The maximum Gasteiger partial charge on any atom is 0.291 e. The number of amides is 2. The minimum atomic E-state index is -0.614. The maximum absolute atomic E-state index is 12.3. The summed E-state index contributed by atoms with van der Waals surface area (Å²) in [6, 6.07) is 13.7. The van der Waals surface area contributed by atoms with Crippen LogP contribution in [0.1, 0.15) is 10.5 Å². The average molecular weight is 448 g/mol. The molecule has 0 atom stereocenters. The standard InChI is InChI=1S/C20H18ClN3O5S/c1-27-13-5-8-17(28-2)15(9-13)18-10-16(24-29-18)20(26)23-22-19(25)11-30-14-6-3-12(21)4-7-14/h3-10H,11H2,1-2H3,(H,22,25)(H,23,26). The number of methoxy groups -OCH3 is 2. The van der Waals surface area contributed by atoms with Gasteiger partial charge in [0.1, 0.15) is 11.5 Å². The molecule has 3 aromatic rings. The van der Waals surface area contributed by atoms with Gasteiger partial charge in [0.2, 0.25) is 5.91 Å². The molecule has 0 saturated carbocycles. The van der Waals surface area contributed by atoms with Crippen LogP contribution in [0.25, 0.3) is 11.3 Å². The number of rotatable bonds is 7. The molecule has 0 bridgehead atoms. The van der Waals surface area contributed by atoms with Crippen LogP contribution in [0.3, 0.4) is 0 Å². The summed E-state index contributed by atoms with van der Waals surface area (Å²) in [5, 5.41) is 4.37. The molecule has 156 valence electrons. The number of hydrogen-bond donors (Lipinski definition) is 2. The van der Waals surface area contributed by atoms with Gasteiger partial charge in [0.05, 0.1) is 25.5 Å². The summed E-state index contributed by atoms with van der Waals surface area (Å²) in [6.45, 7) is 0. The normalized spacial score (nSPS) is 10.4. The molecular weight excluding hydrogens is 430 g/mol. The van der Waals surface area contributed by atoms with Crippen LogP contribution in [-0.2, 0) is 4.79 Å². The number of hydrazine groups is 1. The van der Waals surface area contributed by atoms with E-state index in [0.29, 0.717) is 27.8 Å². The first-order valence-electron chi connectivity index (χ1n) is 8.67. The zero-order valence-electron chi connectivity index (χ0n) is 16.1. The van der Waals surface area contributed by atoms with Crippen molar-refractivity contribution >= 4 is 35.2 Å². The van der Waals surface area contributed by atoms with Gasteiger partial charge in [0.15, 0.2) is 11.5 Å². The largest absolute Gasteiger partial charge is 0.497 e. The van der Waals surface area contributed by atoms with Crippen LogP contribution >= 0.6 is 23.4 Å². The van der Waals surface area contributed by atoms with Gasteiger partial charge in [0, 0.05) is 16.0 Å². The fourth-order valence-electron chi connectivity index (χ4n) is 2.42. The molecule has 0 aliphatic carbocycles. The Hall–Kier alpha value is -3.17. The Morgan fingerprint density at radius 3 is 2.53 bits per heavy atom. The molecule has 2 N–H and O–H groups in total. The van der Waals surface area contributed by atoms with Crippen molar-refractivity contribution < 1.29 is 23.6 Å². The number of hydrogen-bond acceptors (Lipinski definition) is 7. The van der Waals surface area contributed by atoms with E-state index >= 15 is 0 Å². The van der Waals surface area contributed by atoms with Gasteiger partial charge in [-0.2, -0.15) is 0 Å². The van der Waals surface area contributed by atoms with E-state index < -0.39 is 5.91 Å². The smallest absolute Gasteiger partial charge is 0.291 e. The molecule has 10 heteroatoms. The molecule has 1 aromatic heterocycles. The topological polar surface area (TPSA) is 103 Å². The lowest BCUT2D eigenvalue weighted by Crippen LogP contribution is -2.42. The summed E-state index contributed by atoms with van der Waals surface area (Å²) in [6.07, 6.45) is 0. The summed E-state index contributed by atoms with van der Waals surface area (Å²) < 4.78 is 15.8. The number of nitrogens with zero attached hydrogens (tertiary/aromatic N) is 1. The molecule has 2 amide bonds. The Labute approximate surface area is 181 Å². The van der Waals surface area contributed by atoms with Crippen LogP contribution in [0.2, 0.25) is 5.02 Å². The number of halogens is 1. The van der Waals surface area contributed by atoms with Crippen molar-refractivity contribution in [3.8, 4) is 22.8 Å². The van der Waals surface area contributed by atoms with E-state index in [4.69, 9.17) is 25.6 Å². The fraction of sp³-hybridized carbons (Fsp3) is 0.150. The van der Waals surface area contributed by atoms with Gasteiger partial charge in [-0.1, -0.05) is 16.8 Å². The molecule has 0 spiro atoms. The van der Waals surface area contributed by atoms with Crippen LogP contribution in [-0.4, -0.2) is 36.9 Å². The second-order valence-corrected chi connectivity index (χ2v) is 7.37. The Kier molecular flexibility index (Phi) is 7.21. The highest BCUT2D eigenvalue weighted by Crippen LogP contribution is 2.33. The first kappa shape index (κ1) is 21.5. The molecule has 0 radical (unpaired) electrons. The number of ether oxygens (including phenoxy) is 2. The highest BCUT2D eigenvalue weighted by Gasteiger charge is 2.17. The van der Waals surface area contributed by atoms with Crippen molar-refractivity contribution in [1.82, 2.24) is 16.0 Å². The van der Waals surface area contributed by atoms with Crippen LogP contribution in [0, 0.1) is 0 Å². The maximum atomic E-state index is 12.3. The molecule has 0 saturated heterocycles. The van der Waals surface area contributed by atoms with E-state index in [2.05, 4.69) is 16.0 Å². The second-order valence-electron chi connectivity index (χ2n) is 5.89. The van der Waals surface area contributed by atoms with Gasteiger partial charge < -0.3 is 14.0 Å². The van der Waals surface area contributed by atoms with E-state index in [1.54, 1.807) is 37.4 Å². The minimum absolute atomic E-state index is 0.000488. The highest BCUT2D eigenvalue weighted by atomic mass is 35.5. The zero-order valence-corrected chi connectivity index (χ0v) is 17.7. The number of carbonyl (C=O) groups excluding carboxylic acids is 2. The van der Waals surface area contributed by atoms with Gasteiger partial charge in [-0.3, -0.25) is 20.4 Å². The molecule has 0 fully saturated rings. The van der Waals surface area contributed by atoms with E-state index in [-0.39, 0.29) is 17.4 Å². The van der Waals surface area contributed by atoms with Crippen molar-refractivity contribution in [2.75, 3.05) is 20.0 Å². The molecule has 3 rings (SSSR count). The van der Waals surface area contributed by atoms with Crippen LogP contribution in [0.4, 0.5) is 0 Å². The van der Waals surface area contributed by atoms with Gasteiger partial charge >= 0.3 is 0 Å². The summed E-state index contributed by atoms with van der Waals surface area (Å²) in [7, 11) is 3.06. The SMILES string of the molecule is COc1ccc(OC)c(-c2cc(C(=O)NNC(=O)CSc3ccc(Cl)cc3)no2)c1. The van der Waals surface area contributed by atoms with Crippen molar-refractivity contribution in [2.24, 2.45) is 0 Å². The van der Waals surface area contributed by atoms with E-state index in [1.807, 2.05) is 12.1 Å². The quantitative estimate of drug-likeness (QED) is 0.421. The lowest BCUT2D eigenvalue weighted by molar-refractivity contribution is -0.119. The molecule has 30 heavy (non-hydrogen) atoms. The second kappa shape index (κ2) is 10.0. The lowest BCUT2D eigenvalue weighted by Gasteiger charge is -2.07. The van der Waals surface area contributed by atoms with Gasteiger partial charge in [-0.15, -0.1) is 11.8 Å². The summed E-state index contributed by atoms with van der Waals surface area (Å²) in [5.41, 5.74) is 5.23. The van der Waals surface area contributed by atoms with Crippen molar-refractivity contribution in [3.63, 3.8) is 0 Å². The molecule has 0 unspecified atom stereocenters. The minimum Gasteiger partial charge on any atom is -0.497 e. The summed E-state index contributed by atoms with van der Waals surface area (Å²) >= 11 is 7.14. The Morgan fingerprint density at radius 1 is 1.07 bits per heavy atom. The first-order valence-corrected chi connectivity index (χ1v) is 10.0. The Balaban J connectivity index is 1.57. The van der Waals surface area contributed by atoms with E-state index in [0.717, 1.165) is 4.90 Å². The Morgan fingerprint density at radius 2 is 1.83 bits per heavy atom. The van der Waals surface area contributed by atoms with Crippen LogP contribution in [0.15, 0.2) is 57.9 Å². The predicted octanol–water partition coefficient (Wildman–Crippen LogP) is 3.57. The predicted molar refractivity (Wildman–Crippen MR) is 113 cm³/mol. The molecule has 2 aromatic carbocycles. The van der Waals surface area contributed by atoms with Crippen LogP contribution in [0.5, 0.6) is 11.5 Å². The summed E-state index contributed by atoms with van der Waals surface area (Å²) in [5.74, 6) is 0.580. The number of nitrogens with one attached hydrogen (secondary N) is 2. The van der Waals surface area contributed by atoms with E-state index in [9.17, 15) is 9.59 Å². The molecule has 8 nitrogen and oxygen atoms in total. The van der Waals surface area contributed by atoms with Gasteiger partial charge in [-0.05, 0) is 42.5 Å². The monoisotopic (exact) mass is 447 g/mol.